The van der Waals surface area contributed by atoms with E-state index in [1.165, 1.54) is 17.3 Å². The van der Waals surface area contributed by atoms with Crippen LogP contribution in [0.15, 0.2) is 33.8 Å². The molecule has 8 heteroatoms. The molecule has 1 saturated heterocycles. The number of nitrogens with one attached hydrogen (secondary N) is 1. The Kier molecular flexibility index (Phi) is 7.05. The number of carbonyl (C=O) groups excluding carboxylic acids is 2. The molecule has 1 aromatic heterocycles. The fourth-order valence-electron chi connectivity index (χ4n) is 4.62. The van der Waals surface area contributed by atoms with Crippen LogP contribution in [-0.2, 0) is 16.1 Å². The van der Waals surface area contributed by atoms with Crippen molar-refractivity contribution in [2.24, 2.45) is 5.92 Å². The normalized spacial score (nSPS) is 18.3. The van der Waals surface area contributed by atoms with Crippen molar-refractivity contribution in [3.63, 3.8) is 0 Å². The fourth-order valence-corrected chi connectivity index (χ4v) is 4.98. The number of aryl methyl sites for hydroxylation is 1. The van der Waals surface area contributed by atoms with E-state index in [0.717, 1.165) is 43.0 Å². The van der Waals surface area contributed by atoms with Gasteiger partial charge in [0, 0.05) is 42.5 Å². The number of hydrogen-bond donors (Lipinski definition) is 1. The molecule has 1 N–H and O–H groups in total. The minimum atomic E-state index is -0.136. The number of piperidine rings is 1. The standard InChI is InChI=1S/C23H29BrN4O3/c24-17-6-7-20-19(14-17)23(31)28(15-25-20)13-10-21(29)27-11-8-18(9-12-27)26-22(30)16-4-2-1-3-5-16/h6-7,14-16,18H,1-5,8-13H2,(H,26,30). The van der Waals surface area contributed by atoms with E-state index in [4.69, 9.17) is 0 Å². The molecule has 0 radical (unpaired) electrons. The molecule has 2 fully saturated rings. The minimum Gasteiger partial charge on any atom is -0.353 e. The molecule has 1 aromatic carbocycles. The lowest BCUT2D eigenvalue weighted by molar-refractivity contribution is -0.132. The molecule has 0 spiro atoms. The van der Waals surface area contributed by atoms with E-state index in [-0.39, 0.29) is 35.8 Å². The molecule has 1 aliphatic heterocycles. The SMILES string of the molecule is O=C(NC1CCN(C(=O)CCn2cnc3ccc(Br)cc3c2=O)CC1)C1CCCCC1. The van der Waals surface area contributed by atoms with Gasteiger partial charge >= 0.3 is 0 Å². The number of fused-ring (bicyclic) bond motifs is 1. The number of carbonyl (C=O) groups is 2. The highest BCUT2D eigenvalue weighted by atomic mass is 79.9. The van der Waals surface area contributed by atoms with Gasteiger partial charge in [-0.3, -0.25) is 19.0 Å². The Morgan fingerprint density at radius 2 is 1.84 bits per heavy atom. The molecular weight excluding hydrogens is 460 g/mol. The van der Waals surface area contributed by atoms with Gasteiger partial charge in [-0.25, -0.2) is 4.98 Å². The van der Waals surface area contributed by atoms with Crippen LogP contribution in [0, 0.1) is 5.92 Å². The number of hydrogen-bond acceptors (Lipinski definition) is 4. The van der Waals surface area contributed by atoms with Crippen LogP contribution in [0.25, 0.3) is 10.9 Å². The number of halogens is 1. The van der Waals surface area contributed by atoms with E-state index >= 15 is 0 Å². The summed E-state index contributed by atoms with van der Waals surface area (Å²) in [5.74, 6) is 0.403. The van der Waals surface area contributed by atoms with Crippen molar-refractivity contribution in [3.8, 4) is 0 Å². The summed E-state index contributed by atoms with van der Waals surface area (Å²) in [6.45, 7) is 1.60. The third kappa shape index (κ3) is 5.34. The molecular formula is C23H29BrN4O3. The monoisotopic (exact) mass is 488 g/mol. The Hall–Kier alpha value is -2.22. The summed E-state index contributed by atoms with van der Waals surface area (Å²) in [5.41, 5.74) is 0.511. The summed E-state index contributed by atoms with van der Waals surface area (Å²) in [4.78, 5) is 44.0. The summed E-state index contributed by atoms with van der Waals surface area (Å²) < 4.78 is 2.33. The van der Waals surface area contributed by atoms with E-state index < -0.39 is 0 Å². The Labute approximate surface area is 190 Å². The molecule has 1 aliphatic carbocycles. The van der Waals surface area contributed by atoms with Crippen molar-refractivity contribution in [1.82, 2.24) is 19.8 Å². The first-order chi connectivity index (χ1) is 15.0. The average Bonchev–Trinajstić information content (AvgIpc) is 2.80. The van der Waals surface area contributed by atoms with Crippen LogP contribution in [-0.4, -0.2) is 45.4 Å². The zero-order chi connectivity index (χ0) is 21.8. The molecule has 0 bridgehead atoms. The van der Waals surface area contributed by atoms with Crippen LogP contribution in [0.1, 0.15) is 51.4 Å². The number of likely N-dealkylation sites (tertiary alicyclic amines) is 1. The predicted octanol–water partition coefficient (Wildman–Crippen LogP) is 3.24. The first-order valence-corrected chi connectivity index (χ1v) is 12.0. The van der Waals surface area contributed by atoms with Crippen molar-refractivity contribution in [2.75, 3.05) is 13.1 Å². The molecule has 0 atom stereocenters. The maximum atomic E-state index is 12.7. The molecule has 0 unspecified atom stereocenters. The number of nitrogens with zero attached hydrogens (tertiary/aromatic N) is 3. The van der Waals surface area contributed by atoms with Crippen LogP contribution in [0.3, 0.4) is 0 Å². The maximum absolute atomic E-state index is 12.7. The molecule has 1 saturated carbocycles. The second-order valence-corrected chi connectivity index (χ2v) is 9.57. The molecule has 166 valence electrons. The summed E-state index contributed by atoms with van der Waals surface area (Å²) in [6, 6.07) is 5.57. The molecule has 7 nitrogen and oxygen atoms in total. The van der Waals surface area contributed by atoms with Gasteiger partial charge in [-0.05, 0) is 43.9 Å². The van der Waals surface area contributed by atoms with Crippen LogP contribution in [0.4, 0.5) is 0 Å². The van der Waals surface area contributed by atoms with E-state index in [1.807, 2.05) is 11.0 Å². The van der Waals surface area contributed by atoms with Crippen LogP contribution in [0.2, 0.25) is 0 Å². The second kappa shape index (κ2) is 9.94. The topological polar surface area (TPSA) is 84.3 Å². The lowest BCUT2D eigenvalue weighted by Crippen LogP contribution is -2.48. The van der Waals surface area contributed by atoms with Crippen molar-refractivity contribution in [1.29, 1.82) is 0 Å². The molecule has 2 aliphatic rings. The summed E-state index contributed by atoms with van der Waals surface area (Å²) in [5, 5.41) is 3.74. The first-order valence-electron chi connectivity index (χ1n) is 11.2. The minimum absolute atomic E-state index is 0.0401. The molecule has 2 heterocycles. The quantitative estimate of drug-likeness (QED) is 0.699. The zero-order valence-corrected chi connectivity index (χ0v) is 19.3. The highest BCUT2D eigenvalue weighted by Gasteiger charge is 2.27. The Morgan fingerprint density at radius 1 is 1.10 bits per heavy atom. The third-order valence-electron chi connectivity index (χ3n) is 6.52. The smallest absolute Gasteiger partial charge is 0.261 e. The highest BCUT2D eigenvalue weighted by Crippen LogP contribution is 2.24. The van der Waals surface area contributed by atoms with Gasteiger partial charge in [0.25, 0.3) is 5.56 Å². The van der Waals surface area contributed by atoms with Gasteiger partial charge in [-0.15, -0.1) is 0 Å². The van der Waals surface area contributed by atoms with Crippen LogP contribution < -0.4 is 10.9 Å². The number of rotatable bonds is 5. The Balaban J connectivity index is 1.27. The van der Waals surface area contributed by atoms with E-state index in [2.05, 4.69) is 26.2 Å². The van der Waals surface area contributed by atoms with E-state index in [1.54, 1.807) is 12.1 Å². The van der Waals surface area contributed by atoms with E-state index in [9.17, 15) is 14.4 Å². The lowest BCUT2D eigenvalue weighted by atomic mass is 9.88. The highest BCUT2D eigenvalue weighted by molar-refractivity contribution is 9.10. The fraction of sp³-hybridized carbons (Fsp3) is 0.565. The largest absolute Gasteiger partial charge is 0.353 e. The summed E-state index contributed by atoms with van der Waals surface area (Å²) in [6.07, 6.45) is 8.90. The van der Waals surface area contributed by atoms with Gasteiger partial charge in [0.2, 0.25) is 11.8 Å². The van der Waals surface area contributed by atoms with Gasteiger partial charge in [0.05, 0.1) is 17.2 Å². The van der Waals surface area contributed by atoms with Gasteiger partial charge in [-0.2, -0.15) is 0 Å². The lowest BCUT2D eigenvalue weighted by Gasteiger charge is -2.33. The summed E-state index contributed by atoms with van der Waals surface area (Å²) in [7, 11) is 0. The van der Waals surface area contributed by atoms with Crippen molar-refractivity contribution in [2.45, 2.75) is 64.0 Å². The third-order valence-corrected chi connectivity index (χ3v) is 7.02. The van der Waals surface area contributed by atoms with Gasteiger partial charge in [0.15, 0.2) is 0 Å². The Morgan fingerprint density at radius 3 is 2.58 bits per heavy atom. The van der Waals surface area contributed by atoms with Gasteiger partial charge in [-0.1, -0.05) is 35.2 Å². The van der Waals surface area contributed by atoms with Gasteiger partial charge < -0.3 is 10.2 Å². The van der Waals surface area contributed by atoms with Crippen molar-refractivity contribution >= 4 is 38.6 Å². The molecule has 2 amide bonds. The average molecular weight is 489 g/mol. The predicted molar refractivity (Wildman–Crippen MR) is 123 cm³/mol. The molecule has 31 heavy (non-hydrogen) atoms. The van der Waals surface area contributed by atoms with Crippen molar-refractivity contribution in [3.05, 3.63) is 39.4 Å². The maximum Gasteiger partial charge on any atom is 0.261 e. The number of amides is 2. The van der Waals surface area contributed by atoms with Gasteiger partial charge in [0.1, 0.15) is 0 Å². The Bertz CT molecular complexity index is 1010. The van der Waals surface area contributed by atoms with E-state index in [0.29, 0.717) is 30.5 Å². The van der Waals surface area contributed by atoms with Crippen LogP contribution in [0.5, 0.6) is 0 Å². The summed E-state index contributed by atoms with van der Waals surface area (Å²) >= 11 is 3.38. The van der Waals surface area contributed by atoms with Crippen molar-refractivity contribution < 1.29 is 9.59 Å². The zero-order valence-electron chi connectivity index (χ0n) is 17.7. The van der Waals surface area contributed by atoms with Crippen LogP contribution >= 0.6 is 15.9 Å². The molecule has 4 rings (SSSR count). The number of aromatic nitrogens is 2. The molecule has 2 aromatic rings. The first kappa shape index (κ1) is 22.0. The second-order valence-electron chi connectivity index (χ2n) is 8.65. The number of benzene rings is 1.